The van der Waals surface area contributed by atoms with E-state index in [4.69, 9.17) is 10.5 Å². The molecule has 1 saturated carbocycles. The molecule has 2 fully saturated rings. The zero-order chi connectivity index (χ0) is 22.2. The van der Waals surface area contributed by atoms with Crippen molar-refractivity contribution >= 4 is 28.5 Å². The second kappa shape index (κ2) is 11.4. The summed E-state index contributed by atoms with van der Waals surface area (Å²) in [5.74, 6) is 0.894. The Kier molecular flexibility index (Phi) is 8.03. The molecule has 1 aliphatic carbocycles. The lowest BCUT2D eigenvalue weighted by Crippen LogP contribution is -2.37. The lowest BCUT2D eigenvalue weighted by molar-refractivity contribution is 0.0395. The Morgan fingerprint density at radius 3 is 2.72 bits per heavy atom. The van der Waals surface area contributed by atoms with Crippen molar-refractivity contribution in [2.75, 3.05) is 51.8 Å². The normalized spacial score (nSPS) is 23.1. The van der Waals surface area contributed by atoms with Crippen molar-refractivity contribution in [1.29, 1.82) is 0 Å². The SMILES string of the molecule is CNC1CCC(Nc2ncnc3ccc(C(C=NCCN4CCOCC4)=CN)cc23)CC1. The van der Waals surface area contributed by atoms with E-state index in [9.17, 15) is 0 Å². The van der Waals surface area contributed by atoms with E-state index in [1.54, 1.807) is 12.5 Å². The molecule has 0 unspecified atom stereocenters. The Balaban J connectivity index is 1.44. The molecule has 0 amide bonds. The van der Waals surface area contributed by atoms with Gasteiger partial charge in [-0.05, 0) is 50.4 Å². The van der Waals surface area contributed by atoms with Crippen LogP contribution in [0.5, 0.6) is 0 Å². The zero-order valence-corrected chi connectivity index (χ0v) is 19.0. The van der Waals surface area contributed by atoms with Crippen molar-refractivity contribution in [2.24, 2.45) is 10.7 Å². The summed E-state index contributed by atoms with van der Waals surface area (Å²) in [4.78, 5) is 16.0. The summed E-state index contributed by atoms with van der Waals surface area (Å²) in [5.41, 5.74) is 8.80. The smallest absolute Gasteiger partial charge is 0.137 e. The molecule has 8 heteroatoms. The fraction of sp³-hybridized carbons (Fsp3) is 0.542. The molecule has 1 aromatic heterocycles. The third-order valence-corrected chi connectivity index (χ3v) is 6.50. The first-order valence-electron chi connectivity index (χ1n) is 11.7. The average molecular weight is 438 g/mol. The van der Waals surface area contributed by atoms with E-state index >= 15 is 0 Å². The lowest BCUT2D eigenvalue weighted by Gasteiger charge is -2.29. The third kappa shape index (κ3) is 5.82. The van der Waals surface area contributed by atoms with Crippen molar-refractivity contribution in [3.63, 3.8) is 0 Å². The van der Waals surface area contributed by atoms with Crippen molar-refractivity contribution in [3.05, 3.63) is 36.3 Å². The minimum atomic E-state index is 0.438. The minimum absolute atomic E-state index is 0.438. The van der Waals surface area contributed by atoms with Crippen LogP contribution in [0.2, 0.25) is 0 Å². The van der Waals surface area contributed by atoms with E-state index in [1.165, 1.54) is 12.8 Å². The summed E-state index contributed by atoms with van der Waals surface area (Å²) in [6.07, 6.45) is 9.77. The molecule has 4 N–H and O–H groups in total. The molecule has 172 valence electrons. The van der Waals surface area contributed by atoms with Crippen LogP contribution in [0.1, 0.15) is 31.2 Å². The molecule has 2 aliphatic rings. The minimum Gasteiger partial charge on any atom is -0.404 e. The fourth-order valence-electron chi connectivity index (χ4n) is 4.47. The van der Waals surface area contributed by atoms with Crippen LogP contribution in [-0.2, 0) is 4.74 Å². The summed E-state index contributed by atoms with van der Waals surface area (Å²) in [6.45, 7) is 5.26. The van der Waals surface area contributed by atoms with Crippen molar-refractivity contribution < 1.29 is 4.74 Å². The van der Waals surface area contributed by atoms with Gasteiger partial charge in [0.25, 0.3) is 0 Å². The van der Waals surface area contributed by atoms with Crippen LogP contribution in [0.15, 0.2) is 35.7 Å². The van der Waals surface area contributed by atoms with Gasteiger partial charge in [-0.2, -0.15) is 0 Å². The molecule has 8 nitrogen and oxygen atoms in total. The number of nitrogens with zero attached hydrogens (tertiary/aromatic N) is 4. The first kappa shape index (κ1) is 22.6. The molecule has 0 spiro atoms. The Hall–Kier alpha value is -2.55. The number of nitrogens with one attached hydrogen (secondary N) is 2. The molecule has 1 saturated heterocycles. The van der Waals surface area contributed by atoms with Crippen LogP contribution in [0, 0.1) is 0 Å². The second-order valence-electron chi connectivity index (χ2n) is 8.55. The molecule has 2 aromatic rings. The Labute approximate surface area is 190 Å². The number of hydrogen-bond donors (Lipinski definition) is 3. The van der Waals surface area contributed by atoms with Gasteiger partial charge < -0.3 is 21.1 Å². The lowest BCUT2D eigenvalue weighted by atomic mass is 9.91. The highest BCUT2D eigenvalue weighted by atomic mass is 16.5. The van der Waals surface area contributed by atoms with E-state index < -0.39 is 0 Å². The van der Waals surface area contributed by atoms with Gasteiger partial charge >= 0.3 is 0 Å². The van der Waals surface area contributed by atoms with E-state index in [2.05, 4.69) is 36.6 Å². The number of anilines is 1. The highest BCUT2D eigenvalue weighted by Crippen LogP contribution is 2.27. The molecule has 2 heterocycles. The van der Waals surface area contributed by atoms with Crippen LogP contribution in [0.3, 0.4) is 0 Å². The molecule has 32 heavy (non-hydrogen) atoms. The quantitative estimate of drug-likeness (QED) is 0.545. The van der Waals surface area contributed by atoms with Gasteiger partial charge in [-0.15, -0.1) is 0 Å². The maximum Gasteiger partial charge on any atom is 0.137 e. The monoisotopic (exact) mass is 437 g/mol. The average Bonchev–Trinajstić information content (AvgIpc) is 2.85. The standard InChI is InChI=1S/C24H35N7O/c1-26-20-3-5-21(6-4-20)30-24-22-14-18(2-7-23(22)28-17-29-24)19(15-25)16-27-8-9-31-10-12-32-13-11-31/h2,7,14-17,20-21,26H,3-6,8-13,25H2,1H3,(H,28,29,30). The number of rotatable bonds is 8. The van der Waals surface area contributed by atoms with Gasteiger partial charge in [-0.25, -0.2) is 9.97 Å². The maximum absolute atomic E-state index is 5.95. The highest BCUT2D eigenvalue weighted by Gasteiger charge is 2.21. The Bertz CT molecular complexity index is 931. The molecule has 1 aliphatic heterocycles. The summed E-state index contributed by atoms with van der Waals surface area (Å²) in [6, 6.07) is 7.25. The van der Waals surface area contributed by atoms with Crippen LogP contribution in [-0.4, -0.2) is 79.6 Å². The van der Waals surface area contributed by atoms with E-state index in [0.29, 0.717) is 12.1 Å². The predicted octanol–water partition coefficient (Wildman–Crippen LogP) is 2.27. The van der Waals surface area contributed by atoms with E-state index in [1.807, 2.05) is 25.4 Å². The van der Waals surface area contributed by atoms with Gasteiger partial charge in [0, 0.05) is 55.1 Å². The van der Waals surface area contributed by atoms with Gasteiger partial charge in [0.15, 0.2) is 0 Å². The topological polar surface area (TPSA) is 101 Å². The number of morpholine rings is 1. The van der Waals surface area contributed by atoms with Crippen molar-refractivity contribution in [3.8, 4) is 0 Å². The van der Waals surface area contributed by atoms with Gasteiger partial charge in [-0.1, -0.05) is 6.07 Å². The molecule has 4 rings (SSSR count). The molecule has 0 bridgehead atoms. The Morgan fingerprint density at radius 2 is 1.97 bits per heavy atom. The number of ether oxygens (including phenoxy) is 1. The maximum atomic E-state index is 5.95. The predicted molar refractivity (Wildman–Crippen MR) is 131 cm³/mol. The first-order chi connectivity index (χ1) is 15.8. The number of aromatic nitrogens is 2. The van der Waals surface area contributed by atoms with Crippen molar-refractivity contribution in [2.45, 2.75) is 37.8 Å². The van der Waals surface area contributed by atoms with Gasteiger partial charge in [0.1, 0.15) is 12.1 Å². The summed E-state index contributed by atoms with van der Waals surface area (Å²) < 4.78 is 5.40. The third-order valence-electron chi connectivity index (χ3n) is 6.50. The number of aliphatic imine (C=N–C) groups is 1. The number of hydrogen-bond acceptors (Lipinski definition) is 8. The summed E-state index contributed by atoms with van der Waals surface area (Å²) in [7, 11) is 2.05. The second-order valence-corrected chi connectivity index (χ2v) is 8.55. The molecule has 0 atom stereocenters. The number of fused-ring (bicyclic) bond motifs is 1. The van der Waals surface area contributed by atoms with Crippen LogP contribution in [0.25, 0.3) is 16.5 Å². The van der Waals surface area contributed by atoms with Crippen LogP contribution in [0.4, 0.5) is 5.82 Å². The van der Waals surface area contributed by atoms with Crippen LogP contribution < -0.4 is 16.4 Å². The number of nitrogens with two attached hydrogens (primary N) is 1. The first-order valence-corrected chi connectivity index (χ1v) is 11.7. The zero-order valence-electron chi connectivity index (χ0n) is 19.0. The largest absolute Gasteiger partial charge is 0.404 e. The molecule has 1 aromatic carbocycles. The summed E-state index contributed by atoms with van der Waals surface area (Å²) >= 11 is 0. The Morgan fingerprint density at radius 1 is 1.19 bits per heavy atom. The fourth-order valence-corrected chi connectivity index (χ4v) is 4.47. The summed E-state index contributed by atoms with van der Waals surface area (Å²) in [5, 5.41) is 8.07. The molecular formula is C24H35N7O. The number of benzene rings is 1. The highest BCUT2D eigenvalue weighted by molar-refractivity contribution is 6.11. The van der Waals surface area contributed by atoms with E-state index in [0.717, 1.165) is 80.1 Å². The number of allylic oxidation sites excluding steroid dienone is 1. The van der Waals surface area contributed by atoms with Gasteiger partial charge in [0.05, 0.1) is 25.3 Å². The molecular weight excluding hydrogens is 402 g/mol. The van der Waals surface area contributed by atoms with Crippen molar-refractivity contribution in [1.82, 2.24) is 20.2 Å². The van der Waals surface area contributed by atoms with Gasteiger partial charge in [-0.3, -0.25) is 9.89 Å². The molecule has 0 radical (unpaired) electrons. The van der Waals surface area contributed by atoms with Crippen LogP contribution >= 0.6 is 0 Å². The van der Waals surface area contributed by atoms with E-state index in [-0.39, 0.29) is 0 Å². The van der Waals surface area contributed by atoms with Gasteiger partial charge in [0.2, 0.25) is 0 Å².